The van der Waals surface area contributed by atoms with E-state index in [1.807, 2.05) is 0 Å². The number of hydrogen-bond acceptors (Lipinski definition) is 5. The van der Waals surface area contributed by atoms with Crippen molar-refractivity contribution in [3.05, 3.63) is 30.1 Å². The van der Waals surface area contributed by atoms with Crippen LogP contribution in [0, 0.1) is 5.82 Å². The van der Waals surface area contributed by atoms with E-state index >= 15 is 0 Å². The number of para-hydroxylation sites is 1. The molecule has 0 saturated heterocycles. The Hall–Kier alpha value is -1.96. The highest BCUT2D eigenvalue weighted by atomic mass is 32.2. The molecule has 0 fully saturated rings. The summed E-state index contributed by atoms with van der Waals surface area (Å²) in [5, 5.41) is 13.8. The van der Waals surface area contributed by atoms with Crippen LogP contribution in [0.3, 0.4) is 0 Å². The largest absolute Gasteiger partial charge is 0.358 e. The van der Waals surface area contributed by atoms with Gasteiger partial charge in [0.25, 0.3) is 0 Å². The number of aromatic nitrogens is 4. The quantitative estimate of drug-likeness (QED) is 0.823. The standard InChI is InChI=1S/C10H10FN5OS/c1-12-9(17)6-18-10-13-14-15-16(10)8-5-3-2-4-7(8)11/h2-5H,6H2,1H3,(H,12,17). The number of hydrogen-bond donors (Lipinski definition) is 1. The average Bonchev–Trinajstić information content (AvgIpc) is 2.84. The first kappa shape index (κ1) is 12.5. The van der Waals surface area contributed by atoms with Gasteiger partial charge in [-0.1, -0.05) is 23.9 Å². The highest BCUT2D eigenvalue weighted by Crippen LogP contribution is 2.19. The normalized spacial score (nSPS) is 10.3. The molecule has 2 rings (SSSR count). The fraction of sp³-hybridized carbons (Fsp3) is 0.200. The Labute approximate surface area is 107 Å². The molecule has 18 heavy (non-hydrogen) atoms. The minimum atomic E-state index is -0.424. The number of nitrogens with one attached hydrogen (secondary N) is 1. The summed E-state index contributed by atoms with van der Waals surface area (Å²) < 4.78 is 14.9. The van der Waals surface area contributed by atoms with Crippen LogP contribution in [0.25, 0.3) is 5.69 Å². The zero-order valence-corrected chi connectivity index (χ0v) is 10.3. The second-order valence-corrected chi connectivity index (χ2v) is 4.23. The van der Waals surface area contributed by atoms with Crippen LogP contribution < -0.4 is 5.32 Å². The molecular formula is C10H10FN5OS. The zero-order valence-electron chi connectivity index (χ0n) is 9.50. The molecule has 0 aliphatic carbocycles. The van der Waals surface area contributed by atoms with Crippen molar-refractivity contribution in [2.24, 2.45) is 0 Å². The van der Waals surface area contributed by atoms with E-state index in [0.717, 1.165) is 11.8 Å². The topological polar surface area (TPSA) is 72.7 Å². The van der Waals surface area contributed by atoms with Crippen LogP contribution in [0.5, 0.6) is 0 Å². The monoisotopic (exact) mass is 267 g/mol. The summed E-state index contributed by atoms with van der Waals surface area (Å²) in [4.78, 5) is 11.1. The molecular weight excluding hydrogens is 257 g/mol. The lowest BCUT2D eigenvalue weighted by Gasteiger charge is -2.04. The third-order valence-corrected chi connectivity index (χ3v) is 3.05. The third kappa shape index (κ3) is 2.65. The smallest absolute Gasteiger partial charge is 0.230 e. The molecule has 1 amide bonds. The lowest BCUT2D eigenvalue weighted by molar-refractivity contribution is -0.118. The fourth-order valence-electron chi connectivity index (χ4n) is 1.25. The maximum atomic E-state index is 13.6. The second kappa shape index (κ2) is 5.58. The molecule has 2 aromatic rings. The summed E-state index contributed by atoms with van der Waals surface area (Å²) >= 11 is 1.14. The first-order valence-corrected chi connectivity index (χ1v) is 6.07. The van der Waals surface area contributed by atoms with Crippen molar-refractivity contribution < 1.29 is 9.18 Å². The van der Waals surface area contributed by atoms with Crippen LogP contribution in [0.2, 0.25) is 0 Å². The summed E-state index contributed by atoms with van der Waals surface area (Å²) in [6.45, 7) is 0. The molecule has 0 atom stereocenters. The highest BCUT2D eigenvalue weighted by molar-refractivity contribution is 7.99. The van der Waals surface area contributed by atoms with E-state index in [1.54, 1.807) is 25.2 Å². The number of tetrazole rings is 1. The van der Waals surface area contributed by atoms with Crippen molar-refractivity contribution >= 4 is 17.7 Å². The number of benzene rings is 1. The summed E-state index contributed by atoms with van der Waals surface area (Å²) in [7, 11) is 1.54. The van der Waals surface area contributed by atoms with Crippen molar-refractivity contribution in [2.45, 2.75) is 5.16 Å². The minimum Gasteiger partial charge on any atom is -0.358 e. The highest BCUT2D eigenvalue weighted by Gasteiger charge is 2.13. The summed E-state index contributed by atoms with van der Waals surface area (Å²) in [5.74, 6) is -0.402. The van der Waals surface area contributed by atoms with E-state index in [4.69, 9.17) is 0 Å². The third-order valence-electron chi connectivity index (χ3n) is 2.13. The van der Waals surface area contributed by atoms with Gasteiger partial charge in [0.15, 0.2) is 0 Å². The van der Waals surface area contributed by atoms with Gasteiger partial charge in [-0.15, -0.1) is 5.10 Å². The second-order valence-electron chi connectivity index (χ2n) is 3.29. The van der Waals surface area contributed by atoms with Gasteiger partial charge in [-0.3, -0.25) is 4.79 Å². The SMILES string of the molecule is CNC(=O)CSc1nnnn1-c1ccccc1F. The van der Waals surface area contributed by atoms with Crippen LogP contribution in [-0.2, 0) is 4.79 Å². The van der Waals surface area contributed by atoms with Crippen molar-refractivity contribution in [3.8, 4) is 5.69 Å². The van der Waals surface area contributed by atoms with Crippen molar-refractivity contribution in [2.75, 3.05) is 12.8 Å². The number of thioether (sulfide) groups is 1. The maximum absolute atomic E-state index is 13.6. The Balaban J connectivity index is 2.23. The fourth-order valence-corrected chi connectivity index (χ4v) is 2.00. The van der Waals surface area contributed by atoms with Gasteiger partial charge in [0.1, 0.15) is 11.5 Å². The van der Waals surface area contributed by atoms with Gasteiger partial charge in [0.2, 0.25) is 11.1 Å². The van der Waals surface area contributed by atoms with Crippen LogP contribution >= 0.6 is 11.8 Å². The van der Waals surface area contributed by atoms with E-state index in [9.17, 15) is 9.18 Å². The summed E-state index contributed by atoms with van der Waals surface area (Å²) in [6.07, 6.45) is 0. The van der Waals surface area contributed by atoms with Gasteiger partial charge in [-0.05, 0) is 22.6 Å². The van der Waals surface area contributed by atoms with E-state index in [1.165, 1.54) is 10.7 Å². The lowest BCUT2D eigenvalue weighted by Crippen LogP contribution is -2.20. The molecule has 0 spiro atoms. The molecule has 0 aliphatic heterocycles. The van der Waals surface area contributed by atoms with Gasteiger partial charge in [0.05, 0.1) is 5.75 Å². The van der Waals surface area contributed by atoms with Crippen LogP contribution in [0.1, 0.15) is 0 Å². The summed E-state index contributed by atoms with van der Waals surface area (Å²) in [6, 6.07) is 6.16. The number of rotatable bonds is 4. The number of amides is 1. The van der Waals surface area contributed by atoms with E-state index in [-0.39, 0.29) is 17.3 Å². The number of halogens is 1. The van der Waals surface area contributed by atoms with Crippen LogP contribution in [0.4, 0.5) is 4.39 Å². The molecule has 1 aromatic carbocycles. The molecule has 1 N–H and O–H groups in total. The molecule has 8 heteroatoms. The predicted octanol–water partition coefficient (Wildman–Crippen LogP) is 0.639. The van der Waals surface area contributed by atoms with Crippen molar-refractivity contribution in [1.29, 1.82) is 0 Å². The molecule has 1 aromatic heterocycles. The van der Waals surface area contributed by atoms with Crippen molar-refractivity contribution in [3.63, 3.8) is 0 Å². The molecule has 0 radical (unpaired) electrons. The molecule has 94 valence electrons. The molecule has 0 unspecified atom stereocenters. The van der Waals surface area contributed by atoms with Gasteiger partial charge < -0.3 is 5.32 Å². The molecule has 0 saturated carbocycles. The van der Waals surface area contributed by atoms with E-state index in [2.05, 4.69) is 20.8 Å². The Morgan fingerprint density at radius 1 is 1.50 bits per heavy atom. The Bertz CT molecular complexity index is 559. The predicted molar refractivity (Wildman–Crippen MR) is 63.9 cm³/mol. The Morgan fingerprint density at radius 2 is 2.28 bits per heavy atom. The van der Waals surface area contributed by atoms with Gasteiger partial charge in [-0.2, -0.15) is 4.68 Å². The van der Waals surface area contributed by atoms with E-state index < -0.39 is 5.82 Å². The van der Waals surface area contributed by atoms with E-state index in [0.29, 0.717) is 5.16 Å². The molecule has 0 bridgehead atoms. The number of nitrogens with zero attached hydrogens (tertiary/aromatic N) is 4. The summed E-state index contributed by atoms with van der Waals surface area (Å²) in [5.41, 5.74) is 0.252. The first-order valence-electron chi connectivity index (χ1n) is 5.09. The van der Waals surface area contributed by atoms with Crippen LogP contribution in [-0.4, -0.2) is 38.9 Å². The van der Waals surface area contributed by atoms with Crippen molar-refractivity contribution in [1.82, 2.24) is 25.5 Å². The van der Waals surface area contributed by atoms with Gasteiger partial charge in [0, 0.05) is 7.05 Å². The maximum Gasteiger partial charge on any atom is 0.230 e. The zero-order chi connectivity index (χ0) is 13.0. The number of carbonyl (C=O) groups excluding carboxylic acids is 1. The van der Waals surface area contributed by atoms with Gasteiger partial charge >= 0.3 is 0 Å². The Kier molecular flexibility index (Phi) is 3.88. The average molecular weight is 267 g/mol. The Morgan fingerprint density at radius 3 is 3.00 bits per heavy atom. The molecule has 0 aliphatic rings. The van der Waals surface area contributed by atoms with Gasteiger partial charge in [-0.25, -0.2) is 4.39 Å². The first-order chi connectivity index (χ1) is 8.72. The minimum absolute atomic E-state index is 0.150. The lowest BCUT2D eigenvalue weighted by atomic mass is 10.3. The van der Waals surface area contributed by atoms with Crippen LogP contribution in [0.15, 0.2) is 29.4 Å². The molecule has 1 heterocycles. The molecule has 6 nitrogen and oxygen atoms in total. The number of carbonyl (C=O) groups is 1.